The standard InChI is InChI=1S/C24H29N3O2/c1-4-17-11-20(15-28)24(29)25-22(17)18-10-16(2)23-19(12-18)13-21(26(23)3)14-27-8-6-5-7-9-27/h10-13,15H,4-9,14H2,1-3H3,(H,25,29). The summed E-state index contributed by atoms with van der Waals surface area (Å²) in [4.78, 5) is 28.9. The van der Waals surface area contributed by atoms with Crippen LogP contribution in [0.25, 0.3) is 22.2 Å². The minimum Gasteiger partial charge on any atom is -0.346 e. The number of rotatable bonds is 5. The van der Waals surface area contributed by atoms with Crippen molar-refractivity contribution in [2.24, 2.45) is 7.05 Å². The summed E-state index contributed by atoms with van der Waals surface area (Å²) in [5.41, 5.74) is 6.40. The SMILES string of the molecule is CCc1cc(C=O)c(=O)[nH]c1-c1cc(C)c2c(c1)cc(CN1CCCCC1)n2C. The van der Waals surface area contributed by atoms with Gasteiger partial charge in [0.1, 0.15) is 0 Å². The average molecular weight is 392 g/mol. The van der Waals surface area contributed by atoms with Crippen molar-refractivity contribution < 1.29 is 4.79 Å². The predicted octanol–water partition coefficient (Wildman–Crippen LogP) is 4.20. The van der Waals surface area contributed by atoms with Crippen LogP contribution in [0.5, 0.6) is 0 Å². The van der Waals surface area contributed by atoms with Crippen LogP contribution in [0.15, 0.2) is 29.1 Å². The molecule has 0 spiro atoms. The molecule has 5 nitrogen and oxygen atoms in total. The van der Waals surface area contributed by atoms with Crippen molar-refractivity contribution in [1.82, 2.24) is 14.5 Å². The zero-order chi connectivity index (χ0) is 20.5. The molecule has 152 valence electrons. The van der Waals surface area contributed by atoms with E-state index in [0.717, 1.165) is 29.8 Å². The van der Waals surface area contributed by atoms with Gasteiger partial charge in [-0.2, -0.15) is 0 Å². The van der Waals surface area contributed by atoms with Crippen molar-refractivity contribution in [1.29, 1.82) is 0 Å². The maximum Gasteiger partial charge on any atom is 0.259 e. The summed E-state index contributed by atoms with van der Waals surface area (Å²) < 4.78 is 2.31. The second-order valence-electron chi connectivity index (χ2n) is 8.19. The second-order valence-corrected chi connectivity index (χ2v) is 8.19. The molecule has 0 unspecified atom stereocenters. The van der Waals surface area contributed by atoms with E-state index in [2.05, 4.69) is 46.6 Å². The van der Waals surface area contributed by atoms with Crippen molar-refractivity contribution >= 4 is 17.2 Å². The summed E-state index contributed by atoms with van der Waals surface area (Å²) in [6.07, 6.45) is 5.29. The molecule has 3 heterocycles. The third kappa shape index (κ3) is 3.67. The van der Waals surface area contributed by atoms with Crippen LogP contribution >= 0.6 is 0 Å². The molecule has 1 saturated heterocycles. The number of aryl methyl sites for hydroxylation is 3. The van der Waals surface area contributed by atoms with E-state index in [1.165, 1.54) is 54.5 Å². The lowest BCUT2D eigenvalue weighted by Crippen LogP contribution is -2.29. The first-order valence-electron chi connectivity index (χ1n) is 10.5. The highest BCUT2D eigenvalue weighted by atomic mass is 16.1. The number of hydrogen-bond donors (Lipinski definition) is 1. The molecule has 4 rings (SSSR count). The molecule has 29 heavy (non-hydrogen) atoms. The number of aromatic amines is 1. The molecular weight excluding hydrogens is 362 g/mol. The Morgan fingerprint density at radius 3 is 2.55 bits per heavy atom. The number of pyridine rings is 1. The van der Waals surface area contributed by atoms with E-state index in [1.807, 2.05) is 6.92 Å². The van der Waals surface area contributed by atoms with Crippen LogP contribution < -0.4 is 5.56 Å². The van der Waals surface area contributed by atoms with Crippen molar-refractivity contribution in [3.8, 4) is 11.3 Å². The largest absolute Gasteiger partial charge is 0.346 e. The number of carbonyl (C=O) groups excluding carboxylic acids is 1. The van der Waals surface area contributed by atoms with Crippen LogP contribution in [-0.4, -0.2) is 33.8 Å². The van der Waals surface area contributed by atoms with Crippen LogP contribution in [0, 0.1) is 6.92 Å². The number of aldehydes is 1. The van der Waals surface area contributed by atoms with Gasteiger partial charge >= 0.3 is 0 Å². The Bertz CT molecular complexity index is 1120. The number of fused-ring (bicyclic) bond motifs is 1. The summed E-state index contributed by atoms with van der Waals surface area (Å²) >= 11 is 0. The fraction of sp³-hybridized carbons (Fsp3) is 0.417. The van der Waals surface area contributed by atoms with Gasteiger partial charge in [-0.25, -0.2) is 0 Å². The van der Waals surface area contributed by atoms with Crippen LogP contribution in [-0.2, 0) is 20.0 Å². The van der Waals surface area contributed by atoms with Gasteiger partial charge in [0.05, 0.1) is 16.8 Å². The first-order valence-corrected chi connectivity index (χ1v) is 10.5. The summed E-state index contributed by atoms with van der Waals surface area (Å²) in [6.45, 7) is 7.49. The van der Waals surface area contributed by atoms with E-state index in [-0.39, 0.29) is 11.1 Å². The highest BCUT2D eigenvalue weighted by Gasteiger charge is 2.16. The predicted molar refractivity (Wildman–Crippen MR) is 118 cm³/mol. The quantitative estimate of drug-likeness (QED) is 0.663. The second kappa shape index (κ2) is 7.99. The normalized spacial score (nSPS) is 15.1. The zero-order valence-corrected chi connectivity index (χ0v) is 17.5. The number of nitrogens with zero attached hydrogens (tertiary/aromatic N) is 2. The van der Waals surface area contributed by atoms with Gasteiger partial charge in [-0.1, -0.05) is 13.3 Å². The van der Waals surface area contributed by atoms with Gasteiger partial charge in [-0.3, -0.25) is 14.5 Å². The molecule has 3 aromatic rings. The molecule has 1 aliphatic rings. The number of likely N-dealkylation sites (tertiary alicyclic amines) is 1. The number of nitrogens with one attached hydrogen (secondary N) is 1. The van der Waals surface area contributed by atoms with Crippen LogP contribution in [0.4, 0.5) is 0 Å². The van der Waals surface area contributed by atoms with Crippen molar-refractivity contribution in [2.45, 2.75) is 46.1 Å². The van der Waals surface area contributed by atoms with Crippen LogP contribution in [0.3, 0.4) is 0 Å². The Labute approximate surface area is 171 Å². The van der Waals surface area contributed by atoms with E-state index in [1.54, 1.807) is 6.07 Å². The lowest BCUT2D eigenvalue weighted by atomic mass is 9.99. The number of hydrogen-bond acceptors (Lipinski definition) is 3. The zero-order valence-electron chi connectivity index (χ0n) is 17.5. The van der Waals surface area contributed by atoms with Crippen molar-refractivity contribution in [3.05, 3.63) is 57.0 Å². The maximum absolute atomic E-state index is 12.2. The Hall–Kier alpha value is -2.66. The highest BCUT2D eigenvalue weighted by molar-refractivity contribution is 5.89. The summed E-state index contributed by atoms with van der Waals surface area (Å²) in [7, 11) is 2.15. The van der Waals surface area contributed by atoms with Gasteiger partial charge in [-0.05, 0) is 80.2 Å². The maximum atomic E-state index is 12.2. The number of aromatic nitrogens is 2. The average Bonchev–Trinajstić information content (AvgIpc) is 3.04. The molecule has 0 amide bonds. The molecule has 1 aromatic carbocycles. The van der Waals surface area contributed by atoms with Gasteiger partial charge in [0, 0.05) is 24.7 Å². The molecule has 0 radical (unpaired) electrons. The molecule has 0 saturated carbocycles. The molecule has 1 fully saturated rings. The van der Waals surface area contributed by atoms with E-state index in [0.29, 0.717) is 6.29 Å². The molecule has 0 atom stereocenters. The third-order valence-electron chi connectivity index (χ3n) is 6.20. The Morgan fingerprint density at radius 1 is 1.10 bits per heavy atom. The Kier molecular flexibility index (Phi) is 5.41. The van der Waals surface area contributed by atoms with E-state index in [9.17, 15) is 9.59 Å². The topological polar surface area (TPSA) is 58.1 Å². The van der Waals surface area contributed by atoms with Crippen LogP contribution in [0.2, 0.25) is 0 Å². The monoisotopic (exact) mass is 391 g/mol. The molecule has 0 aliphatic carbocycles. The van der Waals surface area contributed by atoms with Gasteiger partial charge < -0.3 is 9.55 Å². The smallest absolute Gasteiger partial charge is 0.259 e. The molecular formula is C24H29N3O2. The number of piperidine rings is 1. The van der Waals surface area contributed by atoms with Crippen molar-refractivity contribution in [2.75, 3.05) is 13.1 Å². The van der Waals surface area contributed by atoms with E-state index in [4.69, 9.17) is 0 Å². The fourth-order valence-electron chi connectivity index (χ4n) is 4.65. The lowest BCUT2D eigenvalue weighted by Gasteiger charge is -2.26. The number of benzene rings is 1. The Morgan fingerprint density at radius 2 is 1.86 bits per heavy atom. The minimum absolute atomic E-state index is 0.187. The fourth-order valence-corrected chi connectivity index (χ4v) is 4.65. The highest BCUT2D eigenvalue weighted by Crippen LogP contribution is 2.31. The van der Waals surface area contributed by atoms with Crippen molar-refractivity contribution in [3.63, 3.8) is 0 Å². The molecule has 5 heteroatoms. The minimum atomic E-state index is -0.330. The lowest BCUT2D eigenvalue weighted by molar-refractivity contribution is 0.112. The summed E-state index contributed by atoms with van der Waals surface area (Å²) in [5, 5.41) is 1.19. The van der Waals surface area contributed by atoms with Crippen LogP contribution in [0.1, 0.15) is 53.4 Å². The van der Waals surface area contributed by atoms with Gasteiger partial charge in [-0.15, -0.1) is 0 Å². The summed E-state index contributed by atoms with van der Waals surface area (Å²) in [6, 6.07) is 8.29. The first-order chi connectivity index (χ1) is 14.0. The van der Waals surface area contributed by atoms with E-state index < -0.39 is 0 Å². The Balaban J connectivity index is 1.79. The van der Waals surface area contributed by atoms with Gasteiger partial charge in [0.15, 0.2) is 6.29 Å². The molecule has 1 N–H and O–H groups in total. The molecule has 1 aliphatic heterocycles. The summed E-state index contributed by atoms with van der Waals surface area (Å²) in [5.74, 6) is 0. The van der Waals surface area contributed by atoms with Gasteiger partial charge in [0.25, 0.3) is 5.56 Å². The first kappa shape index (κ1) is 19.6. The number of H-pyrrole nitrogens is 1. The molecule has 2 aromatic heterocycles. The van der Waals surface area contributed by atoms with Gasteiger partial charge in [0.2, 0.25) is 0 Å². The van der Waals surface area contributed by atoms with E-state index >= 15 is 0 Å². The molecule has 0 bridgehead atoms. The third-order valence-corrected chi connectivity index (χ3v) is 6.20. The number of carbonyl (C=O) groups is 1.